The zero-order chi connectivity index (χ0) is 19.6. The predicted octanol–water partition coefficient (Wildman–Crippen LogP) is 2.99. The van der Waals surface area contributed by atoms with Crippen LogP contribution in [0.4, 0.5) is 5.69 Å². The third-order valence-corrected chi connectivity index (χ3v) is 4.30. The monoisotopic (exact) mass is 367 g/mol. The fraction of sp³-hybridized carbons (Fsp3) is 0.250. The van der Waals surface area contributed by atoms with E-state index in [1.54, 1.807) is 48.2 Å². The van der Waals surface area contributed by atoms with Gasteiger partial charge in [0.2, 0.25) is 5.43 Å². The number of nitrogens with one attached hydrogen (secondary N) is 1. The van der Waals surface area contributed by atoms with Gasteiger partial charge in [0.05, 0.1) is 25.3 Å². The Morgan fingerprint density at radius 3 is 2.63 bits per heavy atom. The second-order valence-corrected chi connectivity index (χ2v) is 6.00. The number of hydrogen-bond acceptors (Lipinski definition) is 5. The van der Waals surface area contributed by atoms with E-state index in [-0.39, 0.29) is 11.0 Å². The van der Waals surface area contributed by atoms with E-state index in [1.165, 1.54) is 7.11 Å². The highest BCUT2D eigenvalue weighted by Gasteiger charge is 2.17. The molecule has 0 saturated heterocycles. The molecule has 0 saturated carbocycles. The lowest BCUT2D eigenvalue weighted by molar-refractivity contribution is 0.102. The number of fused-ring (bicyclic) bond motifs is 1. The van der Waals surface area contributed by atoms with Crippen molar-refractivity contribution < 1.29 is 14.3 Å². The van der Waals surface area contributed by atoms with Gasteiger partial charge in [0, 0.05) is 24.5 Å². The van der Waals surface area contributed by atoms with Crippen LogP contribution in [-0.2, 0) is 6.54 Å². The molecule has 0 unspecified atom stereocenters. The van der Waals surface area contributed by atoms with E-state index in [2.05, 4.69) is 10.3 Å². The highest BCUT2D eigenvalue weighted by Crippen LogP contribution is 2.29. The fourth-order valence-corrected chi connectivity index (χ4v) is 2.85. The fourth-order valence-electron chi connectivity index (χ4n) is 2.85. The minimum atomic E-state index is -0.506. The number of rotatable bonds is 5. The maximum absolute atomic E-state index is 12.8. The Balaban J connectivity index is 2.05. The summed E-state index contributed by atoms with van der Waals surface area (Å²) in [5.41, 5.74) is 1.53. The van der Waals surface area contributed by atoms with E-state index in [1.807, 2.05) is 13.8 Å². The van der Waals surface area contributed by atoms with Gasteiger partial charge in [-0.1, -0.05) is 0 Å². The molecule has 7 nitrogen and oxygen atoms in total. The van der Waals surface area contributed by atoms with E-state index in [0.29, 0.717) is 34.8 Å². The van der Waals surface area contributed by atoms with Crippen molar-refractivity contribution in [1.82, 2.24) is 9.55 Å². The molecule has 3 aromatic rings. The molecule has 2 aromatic heterocycles. The Morgan fingerprint density at radius 1 is 1.19 bits per heavy atom. The SMILES string of the molecule is CCn1cc(C(=O)Nc2ccc(OC)cc2OC)c(=O)c2ccc(C)nc21. The third kappa shape index (κ3) is 3.48. The van der Waals surface area contributed by atoms with Gasteiger partial charge in [0.1, 0.15) is 22.7 Å². The molecule has 0 radical (unpaired) electrons. The van der Waals surface area contributed by atoms with Crippen LogP contribution in [-0.4, -0.2) is 29.7 Å². The van der Waals surface area contributed by atoms with Crippen molar-refractivity contribution in [3.63, 3.8) is 0 Å². The van der Waals surface area contributed by atoms with Gasteiger partial charge in [0.15, 0.2) is 0 Å². The Kier molecular flexibility index (Phi) is 5.12. The van der Waals surface area contributed by atoms with Gasteiger partial charge in [0.25, 0.3) is 5.91 Å². The van der Waals surface area contributed by atoms with Crippen LogP contribution in [0.15, 0.2) is 41.3 Å². The van der Waals surface area contributed by atoms with Crippen molar-refractivity contribution in [2.75, 3.05) is 19.5 Å². The summed E-state index contributed by atoms with van der Waals surface area (Å²) in [4.78, 5) is 30.1. The first kappa shape index (κ1) is 18.4. The number of aromatic nitrogens is 2. The van der Waals surface area contributed by atoms with Gasteiger partial charge >= 0.3 is 0 Å². The second-order valence-electron chi connectivity index (χ2n) is 6.00. The van der Waals surface area contributed by atoms with E-state index in [9.17, 15) is 9.59 Å². The van der Waals surface area contributed by atoms with Crippen LogP contribution in [0, 0.1) is 6.92 Å². The number of carbonyl (C=O) groups is 1. The Morgan fingerprint density at radius 2 is 1.96 bits per heavy atom. The molecule has 0 aliphatic rings. The maximum atomic E-state index is 12.8. The smallest absolute Gasteiger partial charge is 0.261 e. The number of amides is 1. The van der Waals surface area contributed by atoms with Crippen LogP contribution in [0.3, 0.4) is 0 Å². The molecule has 0 atom stereocenters. The van der Waals surface area contributed by atoms with Crippen LogP contribution in [0.25, 0.3) is 11.0 Å². The molecule has 1 aromatic carbocycles. The van der Waals surface area contributed by atoms with Gasteiger partial charge in [-0.05, 0) is 38.1 Å². The number of hydrogen-bond donors (Lipinski definition) is 1. The van der Waals surface area contributed by atoms with Crippen molar-refractivity contribution in [3.8, 4) is 11.5 Å². The quantitative estimate of drug-likeness (QED) is 0.750. The first-order chi connectivity index (χ1) is 13.0. The number of pyridine rings is 2. The lowest BCUT2D eigenvalue weighted by atomic mass is 10.1. The van der Waals surface area contributed by atoms with Crippen LogP contribution >= 0.6 is 0 Å². The molecule has 1 amide bonds. The molecule has 1 N–H and O–H groups in total. The number of anilines is 1. The number of nitrogens with zero attached hydrogens (tertiary/aromatic N) is 2. The average molecular weight is 367 g/mol. The number of benzene rings is 1. The topological polar surface area (TPSA) is 82.5 Å². The van der Waals surface area contributed by atoms with E-state index in [0.717, 1.165) is 5.69 Å². The van der Waals surface area contributed by atoms with Crippen molar-refractivity contribution in [2.24, 2.45) is 0 Å². The molecule has 0 fully saturated rings. The second kappa shape index (κ2) is 7.49. The summed E-state index contributed by atoms with van der Waals surface area (Å²) in [6.07, 6.45) is 1.54. The minimum Gasteiger partial charge on any atom is -0.497 e. The Bertz CT molecular complexity index is 1070. The molecule has 7 heteroatoms. The van der Waals surface area contributed by atoms with Gasteiger partial charge in [-0.2, -0.15) is 0 Å². The van der Waals surface area contributed by atoms with Crippen molar-refractivity contribution >= 4 is 22.6 Å². The van der Waals surface area contributed by atoms with Crippen molar-refractivity contribution in [1.29, 1.82) is 0 Å². The number of aryl methyl sites for hydroxylation is 2. The molecule has 140 valence electrons. The lowest BCUT2D eigenvalue weighted by Crippen LogP contribution is -2.24. The van der Waals surface area contributed by atoms with Crippen LogP contribution in [0.2, 0.25) is 0 Å². The van der Waals surface area contributed by atoms with Gasteiger partial charge in [-0.25, -0.2) is 4.98 Å². The molecule has 0 spiro atoms. The molecular formula is C20H21N3O4. The zero-order valence-electron chi connectivity index (χ0n) is 15.7. The predicted molar refractivity (Wildman–Crippen MR) is 104 cm³/mol. The van der Waals surface area contributed by atoms with Gasteiger partial charge in [-0.3, -0.25) is 9.59 Å². The van der Waals surface area contributed by atoms with Crippen molar-refractivity contribution in [3.05, 3.63) is 58.0 Å². The molecule has 0 aliphatic carbocycles. The first-order valence-electron chi connectivity index (χ1n) is 8.52. The average Bonchev–Trinajstić information content (AvgIpc) is 2.68. The number of carbonyl (C=O) groups excluding carboxylic acids is 1. The molecule has 27 heavy (non-hydrogen) atoms. The molecule has 3 rings (SSSR count). The summed E-state index contributed by atoms with van der Waals surface area (Å²) in [6, 6.07) is 8.50. The molecular weight excluding hydrogens is 346 g/mol. The summed E-state index contributed by atoms with van der Waals surface area (Å²) < 4.78 is 12.2. The summed E-state index contributed by atoms with van der Waals surface area (Å²) in [5.74, 6) is 0.537. The van der Waals surface area contributed by atoms with Crippen molar-refractivity contribution in [2.45, 2.75) is 20.4 Å². The maximum Gasteiger partial charge on any atom is 0.261 e. The van der Waals surface area contributed by atoms with E-state index in [4.69, 9.17) is 9.47 Å². The highest BCUT2D eigenvalue weighted by atomic mass is 16.5. The van der Waals surface area contributed by atoms with Gasteiger partial charge < -0.3 is 19.4 Å². The summed E-state index contributed by atoms with van der Waals surface area (Å²) >= 11 is 0. The lowest BCUT2D eigenvalue weighted by Gasteiger charge is -2.13. The largest absolute Gasteiger partial charge is 0.497 e. The summed E-state index contributed by atoms with van der Waals surface area (Å²) in [6.45, 7) is 4.38. The minimum absolute atomic E-state index is 0.0490. The number of methoxy groups -OCH3 is 2. The Hall–Kier alpha value is -3.35. The summed E-state index contributed by atoms with van der Waals surface area (Å²) in [5, 5.41) is 3.16. The molecule has 0 aliphatic heterocycles. The van der Waals surface area contributed by atoms with E-state index >= 15 is 0 Å². The number of ether oxygens (including phenoxy) is 2. The summed E-state index contributed by atoms with van der Waals surface area (Å²) in [7, 11) is 3.05. The molecule has 2 heterocycles. The third-order valence-electron chi connectivity index (χ3n) is 4.30. The highest BCUT2D eigenvalue weighted by molar-refractivity contribution is 6.06. The normalized spacial score (nSPS) is 10.7. The molecule has 0 bridgehead atoms. The van der Waals surface area contributed by atoms with Crippen LogP contribution in [0.1, 0.15) is 23.0 Å². The van der Waals surface area contributed by atoms with Crippen LogP contribution in [0.5, 0.6) is 11.5 Å². The first-order valence-corrected chi connectivity index (χ1v) is 8.52. The Labute approximate surface area is 156 Å². The van der Waals surface area contributed by atoms with Gasteiger partial charge in [-0.15, -0.1) is 0 Å². The standard InChI is InChI=1S/C20H21N3O4/c1-5-23-11-15(18(24)14-8-6-12(2)21-19(14)23)20(25)22-16-9-7-13(26-3)10-17(16)27-4/h6-11H,5H2,1-4H3,(H,22,25). The zero-order valence-corrected chi connectivity index (χ0v) is 15.7. The van der Waals surface area contributed by atoms with Crippen LogP contribution < -0.4 is 20.2 Å². The van der Waals surface area contributed by atoms with E-state index < -0.39 is 5.91 Å².